The van der Waals surface area contributed by atoms with Gasteiger partial charge in [-0.25, -0.2) is 0 Å². The van der Waals surface area contributed by atoms with Crippen molar-refractivity contribution in [2.75, 3.05) is 0 Å². The lowest BCUT2D eigenvalue weighted by Gasteiger charge is -2.41. The first-order valence-electron chi connectivity index (χ1n) is 16.3. The molecule has 0 heterocycles. The Labute approximate surface area is 225 Å². The fraction of sp³-hybridized carbons (Fsp3) is 0.882. The van der Waals surface area contributed by atoms with Crippen LogP contribution in [0.5, 0.6) is 0 Å². The fourth-order valence-electron chi connectivity index (χ4n) is 6.57. The molecule has 2 heteroatoms. The van der Waals surface area contributed by atoms with Gasteiger partial charge < -0.3 is 9.59 Å². The number of hydrogen-bond acceptors (Lipinski definition) is 2. The molecule has 0 bridgehead atoms. The normalized spacial score (nSPS) is 21.6. The molecule has 0 aliphatic heterocycles. The van der Waals surface area contributed by atoms with Crippen LogP contribution in [0.3, 0.4) is 0 Å². The second-order valence-electron chi connectivity index (χ2n) is 11.8. The molecule has 0 fully saturated rings. The Morgan fingerprint density at radius 2 is 0.778 bits per heavy atom. The number of allylic oxidation sites excluding steroid dienone is 2. The summed E-state index contributed by atoms with van der Waals surface area (Å²) in [6, 6.07) is 0. The highest BCUT2D eigenvalue weighted by Crippen LogP contribution is 2.44. The van der Waals surface area contributed by atoms with Crippen molar-refractivity contribution in [3.63, 3.8) is 0 Å². The van der Waals surface area contributed by atoms with Crippen molar-refractivity contribution in [1.82, 2.24) is 0 Å². The van der Waals surface area contributed by atoms with Crippen LogP contribution in [0.1, 0.15) is 168 Å². The molecule has 1 aliphatic rings. The van der Waals surface area contributed by atoms with Gasteiger partial charge in [-0.1, -0.05) is 129 Å². The van der Waals surface area contributed by atoms with Crippen LogP contribution >= 0.6 is 0 Å². The summed E-state index contributed by atoms with van der Waals surface area (Å²) in [6.45, 7) is 4.67. The van der Waals surface area contributed by atoms with Gasteiger partial charge in [-0.3, -0.25) is 0 Å². The van der Waals surface area contributed by atoms with Crippen LogP contribution in [-0.4, -0.2) is 12.6 Å². The lowest BCUT2D eigenvalue weighted by Crippen LogP contribution is -2.32. The van der Waals surface area contributed by atoms with E-state index in [4.69, 9.17) is 0 Å². The highest BCUT2D eigenvalue weighted by molar-refractivity contribution is 5.49. The van der Waals surface area contributed by atoms with Gasteiger partial charge in [0.2, 0.25) is 0 Å². The first-order valence-corrected chi connectivity index (χ1v) is 16.3. The molecule has 0 aromatic carbocycles. The van der Waals surface area contributed by atoms with Crippen LogP contribution in [-0.2, 0) is 9.59 Å². The fourth-order valence-corrected chi connectivity index (χ4v) is 6.57. The van der Waals surface area contributed by atoms with Crippen LogP contribution in [0.2, 0.25) is 0 Å². The van der Waals surface area contributed by atoms with Crippen molar-refractivity contribution in [3.05, 3.63) is 12.2 Å². The minimum atomic E-state index is 0.743. The Bertz CT molecular complexity index is 525. The van der Waals surface area contributed by atoms with E-state index in [1.807, 2.05) is 0 Å². The third kappa shape index (κ3) is 16.0. The largest absolute Gasteiger partial charge is 0.303 e. The average Bonchev–Trinajstić information content (AvgIpc) is 2.89. The van der Waals surface area contributed by atoms with Crippen LogP contribution in [0.15, 0.2) is 12.2 Å². The van der Waals surface area contributed by atoms with Crippen molar-refractivity contribution in [1.29, 1.82) is 0 Å². The van der Waals surface area contributed by atoms with E-state index in [0.29, 0.717) is 0 Å². The molecule has 0 spiro atoms. The maximum Gasteiger partial charge on any atom is 0.119 e. The molecule has 0 aromatic rings. The van der Waals surface area contributed by atoms with E-state index < -0.39 is 0 Å². The van der Waals surface area contributed by atoms with Gasteiger partial charge in [0.05, 0.1) is 0 Å². The summed E-state index contributed by atoms with van der Waals surface area (Å²) in [5.74, 6) is 3.40. The maximum absolute atomic E-state index is 10.5. The van der Waals surface area contributed by atoms with E-state index in [1.54, 1.807) is 0 Å². The summed E-state index contributed by atoms with van der Waals surface area (Å²) in [5, 5.41) is 0. The monoisotopic (exact) mass is 502 g/mol. The molecule has 2 nitrogen and oxygen atoms in total. The van der Waals surface area contributed by atoms with E-state index in [2.05, 4.69) is 26.0 Å². The summed E-state index contributed by atoms with van der Waals surface area (Å²) in [5.41, 5.74) is 0. The Morgan fingerprint density at radius 1 is 0.444 bits per heavy atom. The SMILES string of the molecule is CCCCCC1C=CC(CCCCCCCCC=O)C(CCCCC)C1CCCCCCCCC=O. The van der Waals surface area contributed by atoms with Gasteiger partial charge in [-0.15, -0.1) is 0 Å². The molecule has 0 saturated heterocycles. The third-order valence-corrected chi connectivity index (χ3v) is 8.76. The van der Waals surface area contributed by atoms with E-state index in [0.717, 1.165) is 61.9 Å². The molecular formula is C34H62O2. The maximum atomic E-state index is 10.5. The Hall–Kier alpha value is -0.920. The Kier molecular flexibility index (Phi) is 22.5. The van der Waals surface area contributed by atoms with Crippen molar-refractivity contribution in [3.8, 4) is 0 Å². The molecule has 0 N–H and O–H groups in total. The summed E-state index contributed by atoms with van der Waals surface area (Å²) >= 11 is 0. The van der Waals surface area contributed by atoms with Gasteiger partial charge in [-0.05, 0) is 62.2 Å². The van der Waals surface area contributed by atoms with Crippen LogP contribution in [0.25, 0.3) is 0 Å². The summed E-state index contributed by atoms with van der Waals surface area (Å²) in [7, 11) is 0. The summed E-state index contributed by atoms with van der Waals surface area (Å²) in [6.07, 6.45) is 38.2. The van der Waals surface area contributed by atoms with Crippen LogP contribution in [0, 0.1) is 23.7 Å². The molecule has 1 aliphatic carbocycles. The van der Waals surface area contributed by atoms with E-state index in [9.17, 15) is 9.59 Å². The minimum Gasteiger partial charge on any atom is -0.303 e. The zero-order valence-corrected chi connectivity index (χ0v) is 24.4. The van der Waals surface area contributed by atoms with Gasteiger partial charge in [0.15, 0.2) is 0 Å². The second-order valence-corrected chi connectivity index (χ2v) is 11.8. The topological polar surface area (TPSA) is 34.1 Å². The standard InChI is InChI=1S/C34H62O2/c1-3-5-17-23-31-27-28-32(24-19-13-9-7-11-15-21-29-35)33(25-18-6-4-2)34(31)26-20-14-10-8-12-16-22-30-36/h27-34H,3-26H2,1-2H3. The van der Waals surface area contributed by atoms with Crippen LogP contribution < -0.4 is 0 Å². The minimum absolute atomic E-state index is 0.743. The van der Waals surface area contributed by atoms with Crippen molar-refractivity contribution < 1.29 is 9.59 Å². The predicted molar refractivity (Wildman–Crippen MR) is 157 cm³/mol. The number of hydrogen-bond donors (Lipinski definition) is 0. The summed E-state index contributed by atoms with van der Waals surface area (Å²) < 4.78 is 0. The second kappa shape index (κ2) is 24.4. The van der Waals surface area contributed by atoms with Gasteiger partial charge in [0.25, 0.3) is 0 Å². The van der Waals surface area contributed by atoms with Crippen molar-refractivity contribution in [2.45, 2.75) is 168 Å². The number of aldehydes is 2. The first-order chi connectivity index (χ1) is 17.8. The third-order valence-electron chi connectivity index (χ3n) is 8.76. The number of carbonyl (C=O) groups excluding carboxylic acids is 2. The van der Waals surface area contributed by atoms with E-state index in [-0.39, 0.29) is 0 Å². The number of rotatable bonds is 26. The van der Waals surface area contributed by atoms with Gasteiger partial charge >= 0.3 is 0 Å². The molecule has 36 heavy (non-hydrogen) atoms. The zero-order chi connectivity index (χ0) is 26.1. The molecule has 0 radical (unpaired) electrons. The van der Waals surface area contributed by atoms with E-state index >= 15 is 0 Å². The molecule has 4 atom stereocenters. The molecule has 0 aromatic heterocycles. The smallest absolute Gasteiger partial charge is 0.119 e. The van der Waals surface area contributed by atoms with Gasteiger partial charge in [0, 0.05) is 12.8 Å². The Morgan fingerprint density at radius 3 is 1.19 bits per heavy atom. The van der Waals surface area contributed by atoms with E-state index in [1.165, 1.54) is 128 Å². The lowest BCUT2D eigenvalue weighted by molar-refractivity contribution is -0.108. The Balaban J connectivity index is 2.63. The molecule has 4 unspecified atom stereocenters. The molecule has 1 rings (SSSR count). The lowest BCUT2D eigenvalue weighted by atomic mass is 9.64. The zero-order valence-electron chi connectivity index (χ0n) is 24.4. The van der Waals surface area contributed by atoms with Crippen LogP contribution in [0.4, 0.5) is 0 Å². The van der Waals surface area contributed by atoms with Crippen molar-refractivity contribution in [2.24, 2.45) is 23.7 Å². The highest BCUT2D eigenvalue weighted by atomic mass is 16.1. The first kappa shape index (κ1) is 33.1. The summed E-state index contributed by atoms with van der Waals surface area (Å²) in [4.78, 5) is 21.0. The molecule has 210 valence electrons. The van der Waals surface area contributed by atoms with Gasteiger partial charge in [-0.2, -0.15) is 0 Å². The van der Waals surface area contributed by atoms with Crippen molar-refractivity contribution >= 4 is 12.6 Å². The molecular weight excluding hydrogens is 440 g/mol. The van der Waals surface area contributed by atoms with Gasteiger partial charge in [0.1, 0.15) is 12.6 Å². The predicted octanol–water partition coefficient (Wildman–Crippen LogP) is 10.8. The average molecular weight is 503 g/mol. The number of carbonyl (C=O) groups is 2. The number of unbranched alkanes of at least 4 members (excludes halogenated alkanes) is 16. The molecule has 0 amide bonds. The quantitative estimate of drug-likeness (QED) is 0.0669. The molecule has 0 saturated carbocycles. The highest BCUT2D eigenvalue weighted by Gasteiger charge is 2.34.